The molecule has 9 rings (SSSR count). The minimum Gasteiger partial charge on any atom is -0.383 e. The number of nitrogens with two attached hydrogens (primary N) is 1. The Kier molecular flexibility index (Phi) is 9.98. The maximum Gasteiger partial charge on any atom is 0.355 e. The molecule has 18 nitrogen and oxygen atoms in total. The quantitative estimate of drug-likeness (QED) is 0.147. The maximum absolute atomic E-state index is 15.0. The summed E-state index contributed by atoms with van der Waals surface area (Å²) in [5.41, 5.74) is 8.81. The summed E-state index contributed by atoms with van der Waals surface area (Å²) >= 11 is 0. The summed E-state index contributed by atoms with van der Waals surface area (Å²) in [4.78, 5) is 71.6. The molecule has 62 heavy (non-hydrogen) atoms. The standard InChI is InChI=1S/C40H38F3N11O7S/c1-51-34-25(17-45-35(44)32(34)33(49-51)19-5-6-27(26(41)15-19)50-62(60,61)40(42)43)21-16-46-53(18-21)23-9-11-52(12-10-23)37(57)20-13-22(14-20)47-28-4-2-3-24-31(28)39(59)54(38(24)58)29-7-8-30(55)48-36(29)56/h2-6,15-18,20,22-23,29,40,47,50H,7-14H2,1H3,(H2,44,45)(H,48,55,56). The van der Waals surface area contributed by atoms with Crippen molar-refractivity contribution in [2.24, 2.45) is 13.0 Å². The lowest BCUT2D eigenvalue weighted by molar-refractivity contribution is -0.140. The smallest absolute Gasteiger partial charge is 0.355 e. The van der Waals surface area contributed by atoms with Crippen molar-refractivity contribution in [2.75, 3.05) is 28.9 Å². The minimum absolute atomic E-state index is 0.00733. The number of piperidine rings is 2. The number of amides is 5. The van der Waals surface area contributed by atoms with Gasteiger partial charge in [-0.3, -0.25) is 48.3 Å². The van der Waals surface area contributed by atoms with Gasteiger partial charge >= 0.3 is 5.76 Å². The van der Waals surface area contributed by atoms with E-state index in [-0.39, 0.29) is 65.0 Å². The number of benzene rings is 2. The number of pyridine rings is 1. The molecule has 0 spiro atoms. The fraction of sp³-hybridized carbons (Fsp3) is 0.350. The van der Waals surface area contributed by atoms with Crippen LogP contribution in [0, 0.1) is 11.7 Å². The second-order valence-corrected chi connectivity index (χ2v) is 17.5. The summed E-state index contributed by atoms with van der Waals surface area (Å²) in [5, 5.41) is 15.1. The first-order chi connectivity index (χ1) is 29.6. The highest BCUT2D eigenvalue weighted by atomic mass is 32.2. The maximum atomic E-state index is 15.0. The molecule has 3 fully saturated rings. The number of likely N-dealkylation sites (tertiary alicyclic amines) is 1. The number of sulfonamides is 1. The van der Waals surface area contributed by atoms with Gasteiger partial charge in [0.25, 0.3) is 21.8 Å². The molecule has 1 unspecified atom stereocenters. The average molecular weight is 874 g/mol. The lowest BCUT2D eigenvalue weighted by Crippen LogP contribution is -2.54. The van der Waals surface area contributed by atoms with Crippen LogP contribution < -0.4 is 21.1 Å². The summed E-state index contributed by atoms with van der Waals surface area (Å²) < 4.78 is 68.9. The van der Waals surface area contributed by atoms with Gasteiger partial charge in [0.1, 0.15) is 23.4 Å². The number of aromatic nitrogens is 5. The number of nitrogens with zero attached hydrogens (tertiary/aromatic N) is 7. The Bertz CT molecular complexity index is 2830. The number of aryl methyl sites for hydroxylation is 1. The number of anilines is 3. The van der Waals surface area contributed by atoms with Gasteiger partial charge in [-0.05, 0) is 56.4 Å². The predicted octanol–water partition coefficient (Wildman–Crippen LogP) is 3.64. The van der Waals surface area contributed by atoms with Crippen molar-refractivity contribution in [1.29, 1.82) is 0 Å². The van der Waals surface area contributed by atoms with Gasteiger partial charge in [-0.25, -0.2) is 17.8 Å². The normalized spacial score (nSPS) is 20.8. The van der Waals surface area contributed by atoms with Gasteiger partial charge in [0.05, 0.1) is 40.0 Å². The van der Waals surface area contributed by atoms with E-state index in [1.165, 1.54) is 12.1 Å². The monoisotopic (exact) mass is 873 g/mol. The van der Waals surface area contributed by atoms with Crippen molar-refractivity contribution in [3.05, 3.63) is 71.9 Å². The highest BCUT2D eigenvalue weighted by Gasteiger charge is 2.46. The van der Waals surface area contributed by atoms with E-state index < -0.39 is 57.0 Å². The number of fused-ring (bicyclic) bond motifs is 2. The summed E-state index contributed by atoms with van der Waals surface area (Å²) in [6.07, 6.45) is 7.58. The van der Waals surface area contributed by atoms with E-state index in [0.717, 1.165) is 17.0 Å². The van der Waals surface area contributed by atoms with Gasteiger partial charge in [-0.2, -0.15) is 19.0 Å². The van der Waals surface area contributed by atoms with Crippen LogP contribution in [0.4, 0.5) is 30.4 Å². The van der Waals surface area contributed by atoms with Gasteiger partial charge in [0.15, 0.2) is 0 Å². The molecule has 1 aliphatic carbocycles. The summed E-state index contributed by atoms with van der Waals surface area (Å²) in [6.45, 7) is 1.04. The summed E-state index contributed by atoms with van der Waals surface area (Å²) in [6, 6.07) is 7.03. The van der Waals surface area contributed by atoms with Crippen LogP contribution in [0.25, 0.3) is 33.3 Å². The van der Waals surface area contributed by atoms with Crippen molar-refractivity contribution in [3.8, 4) is 22.4 Å². The van der Waals surface area contributed by atoms with Gasteiger partial charge in [0.2, 0.25) is 17.7 Å². The third kappa shape index (κ3) is 6.96. The molecule has 0 radical (unpaired) electrons. The van der Waals surface area contributed by atoms with Crippen LogP contribution in [0.1, 0.15) is 65.3 Å². The highest BCUT2D eigenvalue weighted by molar-refractivity contribution is 7.93. The molecular weight excluding hydrogens is 836 g/mol. The van der Waals surface area contributed by atoms with E-state index >= 15 is 0 Å². The Morgan fingerprint density at radius 3 is 2.44 bits per heavy atom. The first kappa shape index (κ1) is 40.6. The number of alkyl halides is 2. The number of hydrogen-bond donors (Lipinski definition) is 4. The first-order valence-corrected chi connectivity index (χ1v) is 21.3. The average Bonchev–Trinajstić information content (AvgIpc) is 3.92. The highest BCUT2D eigenvalue weighted by Crippen LogP contribution is 2.40. The Morgan fingerprint density at radius 2 is 1.73 bits per heavy atom. The van der Waals surface area contributed by atoms with Crippen LogP contribution in [0.15, 0.2) is 55.0 Å². The molecule has 4 aliphatic rings. The molecule has 322 valence electrons. The molecular formula is C40H38F3N11O7S. The van der Waals surface area contributed by atoms with E-state index in [4.69, 9.17) is 5.73 Å². The Balaban J connectivity index is 0.826. The van der Waals surface area contributed by atoms with Gasteiger partial charge in [0, 0.05) is 73.3 Å². The largest absolute Gasteiger partial charge is 0.383 e. The Morgan fingerprint density at radius 1 is 0.968 bits per heavy atom. The minimum atomic E-state index is -5.09. The van der Waals surface area contributed by atoms with Crippen molar-refractivity contribution >= 4 is 67.7 Å². The molecule has 3 aliphatic heterocycles. The SMILES string of the molecule is Cn1nc(-c2ccc(NS(=O)(=O)C(F)F)c(F)c2)c2c(N)ncc(-c3cnn(C4CCN(C(=O)C5CC(Nc6cccc7c6C(=O)N(C6CCC(=O)NC6=O)C7=O)C5)CC4)c3)c21. The molecule has 5 aromatic rings. The number of imide groups is 2. The molecule has 1 atom stereocenters. The summed E-state index contributed by atoms with van der Waals surface area (Å²) in [5.74, 6) is -7.23. The van der Waals surface area contributed by atoms with Gasteiger partial charge in [-0.15, -0.1) is 0 Å². The van der Waals surface area contributed by atoms with Crippen LogP contribution in [0.2, 0.25) is 0 Å². The van der Waals surface area contributed by atoms with Crippen LogP contribution in [0.5, 0.6) is 0 Å². The van der Waals surface area contributed by atoms with Gasteiger partial charge < -0.3 is 16.0 Å². The van der Waals surface area contributed by atoms with Gasteiger partial charge in [-0.1, -0.05) is 12.1 Å². The van der Waals surface area contributed by atoms with E-state index in [1.807, 2.05) is 15.8 Å². The lowest BCUT2D eigenvalue weighted by Gasteiger charge is -2.40. The van der Waals surface area contributed by atoms with Crippen LogP contribution in [0.3, 0.4) is 0 Å². The predicted molar refractivity (Wildman–Crippen MR) is 216 cm³/mol. The van der Waals surface area contributed by atoms with E-state index in [2.05, 4.69) is 25.8 Å². The lowest BCUT2D eigenvalue weighted by atomic mass is 9.78. The van der Waals surface area contributed by atoms with E-state index in [0.29, 0.717) is 66.5 Å². The number of rotatable bonds is 10. The zero-order chi connectivity index (χ0) is 43.8. The molecule has 3 aromatic heterocycles. The fourth-order valence-electron chi connectivity index (χ4n) is 8.77. The molecule has 5 N–H and O–H groups in total. The van der Waals surface area contributed by atoms with Crippen LogP contribution in [-0.2, 0) is 31.5 Å². The third-order valence-corrected chi connectivity index (χ3v) is 13.0. The molecule has 5 amide bonds. The number of nitrogens with one attached hydrogen (secondary N) is 3. The van der Waals surface area contributed by atoms with Crippen LogP contribution >= 0.6 is 0 Å². The summed E-state index contributed by atoms with van der Waals surface area (Å²) in [7, 11) is -3.42. The Labute approximate surface area is 350 Å². The van der Waals surface area contributed by atoms with Crippen LogP contribution in [-0.4, -0.2) is 103 Å². The number of nitrogen functional groups attached to an aromatic ring is 1. The van der Waals surface area contributed by atoms with Crippen molar-refractivity contribution in [1.82, 2.24) is 39.7 Å². The first-order valence-electron chi connectivity index (χ1n) is 19.7. The number of hydrogen-bond acceptors (Lipinski definition) is 12. The number of halogens is 3. The fourth-order valence-corrected chi connectivity index (χ4v) is 9.33. The number of carbonyl (C=O) groups is 5. The zero-order valence-corrected chi connectivity index (χ0v) is 33.7. The van der Waals surface area contributed by atoms with Crippen molar-refractivity contribution < 1.29 is 45.6 Å². The molecule has 22 heteroatoms. The van der Waals surface area contributed by atoms with E-state index in [9.17, 15) is 45.6 Å². The molecule has 2 saturated heterocycles. The van der Waals surface area contributed by atoms with Crippen molar-refractivity contribution in [2.45, 2.75) is 62.4 Å². The molecule has 0 bridgehead atoms. The second-order valence-electron chi connectivity index (χ2n) is 15.8. The zero-order valence-electron chi connectivity index (χ0n) is 32.8. The molecule has 2 aromatic carbocycles. The second kappa shape index (κ2) is 15.3. The Hall–Kier alpha value is -6.84. The number of carbonyl (C=O) groups excluding carboxylic acids is 5. The molecule has 1 saturated carbocycles. The van der Waals surface area contributed by atoms with Crippen molar-refractivity contribution in [3.63, 3.8) is 0 Å². The van der Waals surface area contributed by atoms with E-state index in [1.54, 1.807) is 41.0 Å². The molecule has 6 heterocycles. The third-order valence-electron chi connectivity index (χ3n) is 12.0. The topological polar surface area (TPSA) is 237 Å².